The molecule has 0 aliphatic carbocycles. The number of hydrogen-bond acceptors (Lipinski definition) is 7. The molecule has 3 N–H and O–H groups in total. The van der Waals surface area contributed by atoms with Crippen molar-refractivity contribution in [3.8, 4) is 0 Å². The SMILES string of the molecule is CON=C(CC(=O)NC(=N)Cc1cc(Cl)c(NC(C)=O)c(Cl)c1)c1ccc([N+](=O)[O-])cc1. The first-order valence-electron chi connectivity index (χ1n) is 9.08. The van der Waals surface area contributed by atoms with E-state index in [1.807, 2.05) is 0 Å². The molecule has 0 fully saturated rings. The van der Waals surface area contributed by atoms with Crippen molar-refractivity contribution in [3.63, 3.8) is 0 Å². The van der Waals surface area contributed by atoms with Gasteiger partial charge in [-0.3, -0.25) is 25.1 Å². The van der Waals surface area contributed by atoms with Gasteiger partial charge in [0.1, 0.15) is 12.9 Å². The minimum atomic E-state index is -0.536. The molecule has 2 aromatic rings. The van der Waals surface area contributed by atoms with Crippen LogP contribution in [0.15, 0.2) is 41.6 Å². The van der Waals surface area contributed by atoms with Gasteiger partial charge in [0.05, 0.1) is 32.8 Å². The van der Waals surface area contributed by atoms with Gasteiger partial charge in [-0.15, -0.1) is 0 Å². The molecule has 32 heavy (non-hydrogen) atoms. The summed E-state index contributed by atoms with van der Waals surface area (Å²) in [6.07, 6.45) is -0.198. The lowest BCUT2D eigenvalue weighted by molar-refractivity contribution is -0.384. The smallest absolute Gasteiger partial charge is 0.269 e. The molecular formula is C20H19Cl2N5O5. The standard InChI is InChI=1S/C20H19Cl2N5O5/c1-11(28)24-20-15(21)7-12(8-16(20)22)9-18(23)25-19(29)10-17(26-32-2)13-3-5-14(6-4-13)27(30)31/h3-8H,9-10H2,1-2H3,(H,24,28)(H2,23,25,29). The maximum Gasteiger partial charge on any atom is 0.269 e. The number of nitrogens with zero attached hydrogens (tertiary/aromatic N) is 2. The number of amidine groups is 1. The zero-order valence-corrected chi connectivity index (χ0v) is 18.6. The van der Waals surface area contributed by atoms with Crippen LogP contribution in [0.4, 0.5) is 11.4 Å². The Bertz CT molecular complexity index is 1060. The number of nitro benzene ring substituents is 1. The summed E-state index contributed by atoms with van der Waals surface area (Å²) in [5, 5.41) is 28.0. The van der Waals surface area contributed by atoms with Gasteiger partial charge in [0.15, 0.2) is 0 Å². The number of carbonyl (C=O) groups excluding carboxylic acids is 2. The normalized spacial score (nSPS) is 10.9. The largest absolute Gasteiger partial charge is 0.399 e. The number of amides is 2. The minimum absolute atomic E-state index is 0.0276. The topological polar surface area (TPSA) is 147 Å². The van der Waals surface area contributed by atoms with Crippen molar-refractivity contribution < 1.29 is 19.3 Å². The molecule has 0 unspecified atom stereocenters. The van der Waals surface area contributed by atoms with E-state index in [1.54, 1.807) is 0 Å². The van der Waals surface area contributed by atoms with Crippen molar-refractivity contribution in [3.05, 3.63) is 67.7 Å². The molecule has 2 amide bonds. The van der Waals surface area contributed by atoms with Gasteiger partial charge in [-0.05, 0) is 29.8 Å². The van der Waals surface area contributed by atoms with Crippen molar-refractivity contribution >= 4 is 57.9 Å². The molecule has 0 aromatic heterocycles. The summed E-state index contributed by atoms with van der Waals surface area (Å²) in [7, 11) is 1.31. The molecule has 2 aromatic carbocycles. The number of nitro groups is 1. The summed E-state index contributed by atoms with van der Waals surface area (Å²) in [6, 6.07) is 8.56. The molecule has 0 saturated carbocycles. The van der Waals surface area contributed by atoms with Crippen LogP contribution in [0.3, 0.4) is 0 Å². The Kier molecular flexibility index (Phi) is 8.68. The highest BCUT2D eigenvalue weighted by atomic mass is 35.5. The first-order chi connectivity index (χ1) is 15.1. The summed E-state index contributed by atoms with van der Waals surface area (Å²) in [6.45, 7) is 1.32. The molecule has 168 valence electrons. The first kappa shape index (κ1) is 24.8. The van der Waals surface area contributed by atoms with E-state index < -0.39 is 10.8 Å². The Labute approximate surface area is 193 Å². The molecule has 0 atom stereocenters. The summed E-state index contributed by atoms with van der Waals surface area (Å²) >= 11 is 12.3. The lowest BCUT2D eigenvalue weighted by atomic mass is 10.1. The van der Waals surface area contributed by atoms with Crippen molar-refractivity contribution in [2.45, 2.75) is 19.8 Å². The zero-order chi connectivity index (χ0) is 23.8. The summed E-state index contributed by atoms with van der Waals surface area (Å²) in [4.78, 5) is 38.6. The van der Waals surface area contributed by atoms with Crippen LogP contribution in [0.1, 0.15) is 24.5 Å². The van der Waals surface area contributed by atoms with Crippen LogP contribution < -0.4 is 10.6 Å². The van der Waals surface area contributed by atoms with Gasteiger partial charge in [0.2, 0.25) is 11.8 Å². The molecule has 0 heterocycles. The van der Waals surface area contributed by atoms with Crippen LogP contribution in [0.25, 0.3) is 0 Å². The number of oxime groups is 1. The molecule has 0 aliphatic rings. The summed E-state index contributed by atoms with van der Waals surface area (Å²) in [5.41, 5.74) is 1.42. The maximum atomic E-state index is 12.4. The molecule has 10 nitrogen and oxygen atoms in total. The highest BCUT2D eigenvalue weighted by Crippen LogP contribution is 2.32. The average Bonchev–Trinajstić information content (AvgIpc) is 2.70. The van der Waals surface area contributed by atoms with Gasteiger partial charge in [0.25, 0.3) is 5.69 Å². The van der Waals surface area contributed by atoms with Crippen LogP contribution in [0.2, 0.25) is 10.0 Å². The van der Waals surface area contributed by atoms with Gasteiger partial charge in [-0.2, -0.15) is 0 Å². The van der Waals surface area contributed by atoms with E-state index in [4.69, 9.17) is 33.4 Å². The van der Waals surface area contributed by atoms with Crippen LogP contribution >= 0.6 is 23.2 Å². The Morgan fingerprint density at radius 3 is 2.28 bits per heavy atom. The first-order valence-corrected chi connectivity index (χ1v) is 9.84. The van der Waals surface area contributed by atoms with Gasteiger partial charge in [-0.1, -0.05) is 28.4 Å². The third kappa shape index (κ3) is 7.03. The molecule has 2 rings (SSSR count). The summed E-state index contributed by atoms with van der Waals surface area (Å²) in [5.74, 6) is -0.978. The minimum Gasteiger partial charge on any atom is -0.399 e. The number of non-ortho nitro benzene ring substituents is 1. The van der Waals surface area contributed by atoms with E-state index in [0.29, 0.717) is 11.1 Å². The van der Waals surface area contributed by atoms with Crippen molar-refractivity contribution in [1.82, 2.24) is 5.32 Å². The monoisotopic (exact) mass is 479 g/mol. The van der Waals surface area contributed by atoms with E-state index in [-0.39, 0.29) is 51.7 Å². The maximum absolute atomic E-state index is 12.4. The van der Waals surface area contributed by atoms with E-state index >= 15 is 0 Å². The van der Waals surface area contributed by atoms with Crippen LogP contribution in [0.5, 0.6) is 0 Å². The second-order valence-corrected chi connectivity index (χ2v) is 7.33. The van der Waals surface area contributed by atoms with Gasteiger partial charge < -0.3 is 15.5 Å². The summed E-state index contributed by atoms with van der Waals surface area (Å²) < 4.78 is 0. The molecular weight excluding hydrogens is 461 g/mol. The van der Waals surface area contributed by atoms with Gasteiger partial charge >= 0.3 is 0 Å². The van der Waals surface area contributed by atoms with E-state index in [0.717, 1.165) is 0 Å². The highest BCUT2D eigenvalue weighted by Gasteiger charge is 2.16. The number of halogens is 2. The predicted octanol–water partition coefficient (Wildman–Crippen LogP) is 3.94. The molecule has 0 aliphatic heterocycles. The molecule has 0 bridgehead atoms. The van der Waals surface area contributed by atoms with Gasteiger partial charge in [0, 0.05) is 31.0 Å². The van der Waals surface area contributed by atoms with Crippen LogP contribution in [-0.2, 0) is 20.8 Å². The molecule has 0 saturated heterocycles. The Morgan fingerprint density at radius 1 is 1.19 bits per heavy atom. The average molecular weight is 480 g/mol. The highest BCUT2D eigenvalue weighted by molar-refractivity contribution is 6.39. The van der Waals surface area contributed by atoms with Crippen LogP contribution in [0, 0.1) is 15.5 Å². The zero-order valence-electron chi connectivity index (χ0n) is 17.1. The van der Waals surface area contributed by atoms with Crippen molar-refractivity contribution in [2.24, 2.45) is 5.16 Å². The van der Waals surface area contributed by atoms with E-state index in [9.17, 15) is 19.7 Å². The molecule has 12 heteroatoms. The predicted molar refractivity (Wildman–Crippen MR) is 122 cm³/mol. The third-order valence-corrected chi connectivity index (χ3v) is 4.61. The fraction of sp³-hybridized carbons (Fsp3) is 0.200. The van der Waals surface area contributed by atoms with Crippen molar-refractivity contribution in [1.29, 1.82) is 5.41 Å². The number of benzene rings is 2. The second-order valence-electron chi connectivity index (χ2n) is 6.52. The lowest BCUT2D eigenvalue weighted by Crippen LogP contribution is -2.32. The number of anilines is 1. The Hall–Kier alpha value is -3.50. The fourth-order valence-corrected chi connectivity index (χ4v) is 3.34. The van der Waals surface area contributed by atoms with E-state index in [1.165, 1.54) is 50.4 Å². The molecule has 0 radical (unpaired) electrons. The number of rotatable bonds is 8. The Balaban J connectivity index is 2.05. The van der Waals surface area contributed by atoms with Gasteiger partial charge in [-0.25, -0.2) is 0 Å². The lowest BCUT2D eigenvalue weighted by Gasteiger charge is -2.12. The molecule has 0 spiro atoms. The van der Waals surface area contributed by atoms with Crippen molar-refractivity contribution in [2.75, 3.05) is 12.4 Å². The van der Waals surface area contributed by atoms with Crippen LogP contribution in [-0.4, -0.2) is 35.4 Å². The quantitative estimate of drug-likeness (QED) is 0.227. The fourth-order valence-electron chi connectivity index (χ4n) is 2.71. The Morgan fingerprint density at radius 2 is 1.78 bits per heavy atom. The number of carbonyl (C=O) groups is 2. The number of hydrogen-bond donors (Lipinski definition) is 3. The number of nitrogens with one attached hydrogen (secondary N) is 3. The third-order valence-electron chi connectivity index (χ3n) is 4.01. The second kappa shape index (κ2) is 11.2. The van der Waals surface area contributed by atoms with E-state index in [2.05, 4.69) is 15.8 Å².